The van der Waals surface area contributed by atoms with Crippen molar-refractivity contribution >= 4 is 16.6 Å². The van der Waals surface area contributed by atoms with Crippen molar-refractivity contribution < 1.29 is 4.39 Å². The summed E-state index contributed by atoms with van der Waals surface area (Å²) in [6.45, 7) is 0. The van der Waals surface area contributed by atoms with Gasteiger partial charge in [-0.1, -0.05) is 12.1 Å². The van der Waals surface area contributed by atoms with Crippen molar-refractivity contribution in [1.29, 1.82) is 5.26 Å². The van der Waals surface area contributed by atoms with Crippen LogP contribution in [0.25, 0.3) is 10.9 Å². The van der Waals surface area contributed by atoms with Crippen LogP contribution in [0.5, 0.6) is 0 Å². The molecule has 3 aromatic rings. The third kappa shape index (κ3) is 2.82. The van der Waals surface area contributed by atoms with Gasteiger partial charge in [-0.3, -0.25) is 4.98 Å². The zero-order valence-corrected chi connectivity index (χ0v) is 11.1. The summed E-state index contributed by atoms with van der Waals surface area (Å²) in [6, 6.07) is 17.2. The molecule has 0 aliphatic carbocycles. The van der Waals surface area contributed by atoms with E-state index in [1.54, 1.807) is 18.3 Å². The highest BCUT2D eigenvalue weighted by molar-refractivity contribution is 5.79. The summed E-state index contributed by atoms with van der Waals surface area (Å²) in [5.74, 6) is -0.300. The van der Waals surface area contributed by atoms with Gasteiger partial charge in [0.2, 0.25) is 0 Å². The van der Waals surface area contributed by atoms with Crippen molar-refractivity contribution in [2.75, 3.05) is 5.32 Å². The first kappa shape index (κ1) is 13.1. The highest BCUT2D eigenvalue weighted by Gasteiger charge is 2.11. The number of pyridine rings is 1. The number of hydrogen-bond donors (Lipinski definition) is 1. The highest BCUT2D eigenvalue weighted by atomic mass is 19.1. The molecule has 1 aromatic heterocycles. The number of fused-ring (bicyclic) bond motifs is 1. The Balaban J connectivity index is 1.91. The number of hydrogen-bond acceptors (Lipinski definition) is 3. The van der Waals surface area contributed by atoms with Gasteiger partial charge in [-0.05, 0) is 48.0 Å². The fourth-order valence-corrected chi connectivity index (χ4v) is 2.18. The van der Waals surface area contributed by atoms with Crippen LogP contribution in [0.3, 0.4) is 0 Å². The molecule has 3 rings (SSSR count). The molecule has 4 heteroatoms. The van der Waals surface area contributed by atoms with Crippen LogP contribution in [-0.4, -0.2) is 4.98 Å². The molecular weight excluding hydrogens is 265 g/mol. The molecular formula is C17H12FN3. The van der Waals surface area contributed by atoms with E-state index in [9.17, 15) is 9.65 Å². The van der Waals surface area contributed by atoms with Crippen LogP contribution < -0.4 is 5.32 Å². The zero-order valence-electron chi connectivity index (χ0n) is 11.1. The SMILES string of the molecule is N#CC(Nc1ccc(F)cc1)c1ccc2ncccc2c1. The van der Waals surface area contributed by atoms with Gasteiger partial charge in [0, 0.05) is 17.3 Å². The van der Waals surface area contributed by atoms with Gasteiger partial charge in [-0.2, -0.15) is 5.26 Å². The fourth-order valence-electron chi connectivity index (χ4n) is 2.18. The summed E-state index contributed by atoms with van der Waals surface area (Å²) in [5, 5.41) is 13.4. The third-order valence-electron chi connectivity index (χ3n) is 3.24. The van der Waals surface area contributed by atoms with Gasteiger partial charge < -0.3 is 5.32 Å². The topological polar surface area (TPSA) is 48.7 Å². The molecule has 0 radical (unpaired) electrons. The van der Waals surface area contributed by atoms with Gasteiger partial charge in [0.15, 0.2) is 0 Å². The second-order valence-corrected chi connectivity index (χ2v) is 4.67. The van der Waals surface area contributed by atoms with Crippen molar-refractivity contribution in [3.05, 3.63) is 72.2 Å². The summed E-state index contributed by atoms with van der Waals surface area (Å²) in [4.78, 5) is 4.26. The average Bonchev–Trinajstić information content (AvgIpc) is 2.54. The van der Waals surface area contributed by atoms with Gasteiger partial charge in [0.1, 0.15) is 11.9 Å². The van der Waals surface area contributed by atoms with Crippen molar-refractivity contribution in [2.45, 2.75) is 6.04 Å². The Kier molecular flexibility index (Phi) is 3.48. The highest BCUT2D eigenvalue weighted by Crippen LogP contribution is 2.22. The molecule has 0 saturated carbocycles. The normalized spacial score (nSPS) is 11.8. The predicted octanol–water partition coefficient (Wildman–Crippen LogP) is 4.05. The number of aromatic nitrogens is 1. The maximum absolute atomic E-state index is 12.9. The number of halogens is 1. The lowest BCUT2D eigenvalue weighted by Gasteiger charge is -2.14. The first-order valence-electron chi connectivity index (χ1n) is 6.53. The average molecular weight is 277 g/mol. The third-order valence-corrected chi connectivity index (χ3v) is 3.24. The van der Waals surface area contributed by atoms with Gasteiger partial charge in [0.05, 0.1) is 11.6 Å². The number of nitrogens with one attached hydrogen (secondary N) is 1. The molecule has 1 heterocycles. The summed E-state index contributed by atoms with van der Waals surface area (Å²) in [5.41, 5.74) is 2.44. The Morgan fingerprint density at radius 3 is 2.67 bits per heavy atom. The van der Waals surface area contributed by atoms with Crippen LogP contribution in [-0.2, 0) is 0 Å². The number of benzene rings is 2. The lowest BCUT2D eigenvalue weighted by atomic mass is 10.0. The standard InChI is InChI=1S/C17H12FN3/c18-14-4-6-15(7-5-14)21-17(11-19)13-3-8-16-12(10-13)2-1-9-20-16/h1-10,17,21H. The minimum absolute atomic E-state index is 0.300. The van der Waals surface area contributed by atoms with E-state index >= 15 is 0 Å². The smallest absolute Gasteiger partial charge is 0.140 e. The lowest BCUT2D eigenvalue weighted by molar-refractivity contribution is 0.628. The summed E-state index contributed by atoms with van der Waals surface area (Å²) in [6.07, 6.45) is 1.74. The molecule has 3 nitrogen and oxygen atoms in total. The molecule has 0 aliphatic rings. The molecule has 0 saturated heterocycles. The van der Waals surface area contributed by atoms with E-state index in [4.69, 9.17) is 0 Å². The molecule has 1 unspecified atom stereocenters. The molecule has 21 heavy (non-hydrogen) atoms. The van der Waals surface area contributed by atoms with E-state index in [-0.39, 0.29) is 5.82 Å². The van der Waals surface area contributed by atoms with Gasteiger partial charge in [-0.25, -0.2) is 4.39 Å². The van der Waals surface area contributed by atoms with Gasteiger partial charge in [-0.15, -0.1) is 0 Å². The van der Waals surface area contributed by atoms with E-state index in [0.29, 0.717) is 5.69 Å². The first-order valence-corrected chi connectivity index (χ1v) is 6.53. The Morgan fingerprint density at radius 1 is 1.10 bits per heavy atom. The summed E-state index contributed by atoms with van der Waals surface area (Å²) in [7, 11) is 0. The fraction of sp³-hybridized carbons (Fsp3) is 0.0588. The van der Waals surface area contributed by atoms with E-state index in [1.807, 2.05) is 30.3 Å². The second kappa shape index (κ2) is 5.59. The van der Waals surface area contributed by atoms with Crippen molar-refractivity contribution in [1.82, 2.24) is 4.98 Å². The number of rotatable bonds is 3. The monoisotopic (exact) mass is 277 g/mol. The Bertz CT molecular complexity index is 806. The van der Waals surface area contributed by atoms with Crippen LogP contribution in [0.2, 0.25) is 0 Å². The Labute approximate surface area is 121 Å². The van der Waals surface area contributed by atoms with Crippen molar-refractivity contribution in [3.8, 4) is 6.07 Å². The van der Waals surface area contributed by atoms with E-state index < -0.39 is 6.04 Å². The molecule has 0 amide bonds. The lowest BCUT2D eigenvalue weighted by Crippen LogP contribution is -2.08. The van der Waals surface area contributed by atoms with Crippen LogP contribution in [0.15, 0.2) is 60.8 Å². The van der Waals surface area contributed by atoms with E-state index in [1.165, 1.54) is 12.1 Å². The van der Waals surface area contributed by atoms with Crippen LogP contribution in [0.1, 0.15) is 11.6 Å². The minimum Gasteiger partial charge on any atom is -0.366 e. The molecule has 2 aromatic carbocycles. The zero-order chi connectivity index (χ0) is 14.7. The molecule has 0 aliphatic heterocycles. The predicted molar refractivity (Wildman–Crippen MR) is 80.1 cm³/mol. The quantitative estimate of drug-likeness (QED) is 0.785. The van der Waals surface area contributed by atoms with Crippen molar-refractivity contribution in [2.24, 2.45) is 0 Å². The Hall–Kier alpha value is -2.93. The van der Waals surface area contributed by atoms with Crippen LogP contribution >= 0.6 is 0 Å². The largest absolute Gasteiger partial charge is 0.366 e. The maximum Gasteiger partial charge on any atom is 0.140 e. The minimum atomic E-state index is -0.500. The summed E-state index contributed by atoms with van der Waals surface area (Å²) < 4.78 is 12.9. The first-order chi connectivity index (χ1) is 10.3. The second-order valence-electron chi connectivity index (χ2n) is 4.67. The van der Waals surface area contributed by atoms with E-state index in [2.05, 4.69) is 16.4 Å². The molecule has 0 fully saturated rings. The van der Waals surface area contributed by atoms with Crippen LogP contribution in [0, 0.1) is 17.1 Å². The maximum atomic E-state index is 12.9. The molecule has 102 valence electrons. The summed E-state index contributed by atoms with van der Waals surface area (Å²) >= 11 is 0. The van der Waals surface area contributed by atoms with Crippen molar-refractivity contribution in [3.63, 3.8) is 0 Å². The molecule has 0 spiro atoms. The number of nitrogens with zero attached hydrogens (tertiary/aromatic N) is 2. The van der Waals surface area contributed by atoms with Gasteiger partial charge >= 0.3 is 0 Å². The molecule has 0 bridgehead atoms. The molecule has 1 N–H and O–H groups in total. The van der Waals surface area contributed by atoms with E-state index in [0.717, 1.165) is 16.5 Å². The van der Waals surface area contributed by atoms with Crippen LogP contribution in [0.4, 0.5) is 10.1 Å². The Morgan fingerprint density at radius 2 is 1.90 bits per heavy atom. The number of nitriles is 1. The van der Waals surface area contributed by atoms with Gasteiger partial charge in [0.25, 0.3) is 0 Å². The molecule has 1 atom stereocenters. The number of anilines is 1.